The quantitative estimate of drug-likeness (QED) is 0.650. The second-order valence-electron chi connectivity index (χ2n) is 3.84. The van der Waals surface area contributed by atoms with Gasteiger partial charge in [-0.2, -0.15) is 8.42 Å². The van der Waals surface area contributed by atoms with Crippen molar-refractivity contribution in [3.63, 3.8) is 0 Å². The highest BCUT2D eigenvalue weighted by Crippen LogP contribution is 2.15. The van der Waals surface area contributed by atoms with E-state index < -0.39 is 10.0 Å². The summed E-state index contributed by atoms with van der Waals surface area (Å²) in [5, 5.41) is 3.09. The molecule has 6 nitrogen and oxygen atoms in total. The number of furan rings is 1. The molecular weight excluding hydrogens is 337 g/mol. The van der Waals surface area contributed by atoms with Gasteiger partial charge in [0.2, 0.25) is 5.96 Å². The first-order valence-corrected chi connectivity index (χ1v) is 7.41. The number of guanidine groups is 1. The van der Waals surface area contributed by atoms with Crippen LogP contribution in [0, 0.1) is 0 Å². The molecular formula is C12H13Cl2N3O3S. The number of hydrogen-bond donors (Lipinski definition) is 2. The molecule has 0 amide bonds. The summed E-state index contributed by atoms with van der Waals surface area (Å²) >= 11 is 5.70. The van der Waals surface area contributed by atoms with E-state index >= 15 is 0 Å². The van der Waals surface area contributed by atoms with Gasteiger partial charge in [0.25, 0.3) is 10.0 Å². The van der Waals surface area contributed by atoms with Gasteiger partial charge in [0.15, 0.2) is 0 Å². The Morgan fingerprint density at radius 3 is 2.52 bits per heavy atom. The van der Waals surface area contributed by atoms with Gasteiger partial charge in [-0.15, -0.1) is 16.8 Å². The van der Waals surface area contributed by atoms with E-state index in [1.54, 1.807) is 12.1 Å². The summed E-state index contributed by atoms with van der Waals surface area (Å²) in [4.78, 5) is 0.0182. The van der Waals surface area contributed by atoms with Crippen LogP contribution in [-0.4, -0.2) is 14.4 Å². The van der Waals surface area contributed by atoms with Crippen LogP contribution in [0.4, 0.5) is 0 Å². The van der Waals surface area contributed by atoms with Gasteiger partial charge in [0.1, 0.15) is 5.76 Å². The highest BCUT2D eigenvalue weighted by molar-refractivity contribution is 7.90. The van der Waals surface area contributed by atoms with E-state index in [0.717, 1.165) is 0 Å². The van der Waals surface area contributed by atoms with Gasteiger partial charge in [-0.05, 0) is 36.4 Å². The van der Waals surface area contributed by atoms with Gasteiger partial charge in [0.05, 0.1) is 17.7 Å². The van der Waals surface area contributed by atoms with Crippen LogP contribution in [0.3, 0.4) is 0 Å². The SMILES string of the molecule is Cl.N/C(=N\S(=O)(=O)c1ccc(Cl)cc1)NCc1ccco1. The molecule has 2 aromatic rings. The van der Waals surface area contributed by atoms with Crippen LogP contribution < -0.4 is 11.1 Å². The standard InChI is InChI=1S/C12H12ClN3O3S.ClH/c13-9-3-5-11(6-4-9)20(17,18)16-12(14)15-8-10-2-1-7-19-10;/h1-7H,8H2,(H3,14,15,16);1H. The molecule has 0 aliphatic rings. The average molecular weight is 350 g/mol. The van der Waals surface area contributed by atoms with Crippen molar-refractivity contribution >= 4 is 40.0 Å². The van der Waals surface area contributed by atoms with Crippen molar-refractivity contribution in [2.75, 3.05) is 0 Å². The third kappa shape index (κ3) is 4.96. The lowest BCUT2D eigenvalue weighted by atomic mass is 10.4. The Morgan fingerprint density at radius 2 is 1.95 bits per heavy atom. The van der Waals surface area contributed by atoms with Crippen LogP contribution in [0.25, 0.3) is 0 Å². The highest BCUT2D eigenvalue weighted by Gasteiger charge is 2.13. The number of nitrogens with one attached hydrogen (secondary N) is 1. The number of hydrogen-bond acceptors (Lipinski definition) is 3. The van der Waals surface area contributed by atoms with Crippen molar-refractivity contribution in [2.24, 2.45) is 10.1 Å². The number of sulfonamides is 1. The summed E-state index contributed by atoms with van der Waals surface area (Å²) < 4.78 is 32.4. The minimum atomic E-state index is -3.86. The smallest absolute Gasteiger partial charge is 0.285 e. The number of nitrogens with two attached hydrogens (primary N) is 1. The lowest BCUT2D eigenvalue weighted by molar-refractivity contribution is 0.503. The highest BCUT2D eigenvalue weighted by atomic mass is 35.5. The third-order valence-electron chi connectivity index (χ3n) is 2.35. The first-order chi connectivity index (χ1) is 9.47. The monoisotopic (exact) mass is 349 g/mol. The molecule has 1 aromatic carbocycles. The van der Waals surface area contributed by atoms with E-state index in [2.05, 4.69) is 9.71 Å². The number of halogens is 2. The second kappa shape index (κ2) is 7.35. The zero-order chi connectivity index (χ0) is 14.6. The second-order valence-corrected chi connectivity index (χ2v) is 5.88. The molecule has 0 unspecified atom stereocenters. The van der Waals surface area contributed by atoms with E-state index in [-0.39, 0.29) is 29.8 Å². The lowest BCUT2D eigenvalue weighted by Gasteiger charge is -2.04. The summed E-state index contributed by atoms with van der Waals surface area (Å²) in [7, 11) is -3.86. The van der Waals surface area contributed by atoms with Crippen LogP contribution in [-0.2, 0) is 16.6 Å². The van der Waals surface area contributed by atoms with Gasteiger partial charge in [-0.1, -0.05) is 11.6 Å². The minimum Gasteiger partial charge on any atom is -0.467 e. The van der Waals surface area contributed by atoms with Gasteiger partial charge >= 0.3 is 0 Å². The van der Waals surface area contributed by atoms with E-state index in [9.17, 15) is 8.42 Å². The maximum Gasteiger partial charge on any atom is 0.285 e. The molecule has 0 saturated heterocycles. The fraction of sp³-hybridized carbons (Fsp3) is 0.0833. The molecule has 0 bridgehead atoms. The topological polar surface area (TPSA) is 97.7 Å². The Balaban J connectivity index is 0.00000220. The van der Waals surface area contributed by atoms with E-state index in [4.69, 9.17) is 21.8 Å². The van der Waals surface area contributed by atoms with Crippen molar-refractivity contribution in [1.82, 2.24) is 5.32 Å². The van der Waals surface area contributed by atoms with Gasteiger partial charge < -0.3 is 15.5 Å². The van der Waals surface area contributed by atoms with Crippen molar-refractivity contribution in [3.8, 4) is 0 Å². The summed E-state index contributed by atoms with van der Waals surface area (Å²) in [5.74, 6) is 0.406. The number of nitrogens with zero attached hydrogens (tertiary/aromatic N) is 1. The Labute approximate surface area is 133 Å². The molecule has 2 rings (SSSR count). The van der Waals surface area contributed by atoms with Gasteiger partial charge in [0, 0.05) is 5.02 Å². The Hall–Kier alpha value is -1.70. The van der Waals surface area contributed by atoms with Crippen molar-refractivity contribution < 1.29 is 12.8 Å². The molecule has 1 heterocycles. The molecule has 0 radical (unpaired) electrons. The summed E-state index contributed by atoms with van der Waals surface area (Å²) in [6.07, 6.45) is 1.51. The molecule has 0 atom stereocenters. The summed E-state index contributed by atoms with van der Waals surface area (Å²) in [5.41, 5.74) is 5.54. The number of rotatable bonds is 4. The van der Waals surface area contributed by atoms with Crippen LogP contribution in [0.15, 0.2) is 56.4 Å². The molecule has 0 aliphatic carbocycles. The van der Waals surface area contributed by atoms with Crippen LogP contribution in [0.1, 0.15) is 5.76 Å². The van der Waals surface area contributed by atoms with E-state index in [1.807, 2.05) is 0 Å². The zero-order valence-corrected chi connectivity index (χ0v) is 13.1. The third-order valence-corrected chi connectivity index (χ3v) is 3.91. The molecule has 114 valence electrons. The Kier molecular flexibility index (Phi) is 6.07. The first kappa shape index (κ1) is 17.4. The van der Waals surface area contributed by atoms with Crippen molar-refractivity contribution in [2.45, 2.75) is 11.4 Å². The Morgan fingerprint density at radius 1 is 1.29 bits per heavy atom. The fourth-order valence-electron chi connectivity index (χ4n) is 1.41. The molecule has 9 heteroatoms. The molecule has 0 spiro atoms. The van der Waals surface area contributed by atoms with Crippen LogP contribution >= 0.6 is 24.0 Å². The van der Waals surface area contributed by atoms with E-state index in [0.29, 0.717) is 10.8 Å². The van der Waals surface area contributed by atoms with Crippen LogP contribution in [0.5, 0.6) is 0 Å². The molecule has 1 aromatic heterocycles. The van der Waals surface area contributed by atoms with Gasteiger partial charge in [-0.3, -0.25) is 0 Å². The predicted octanol–water partition coefficient (Wildman–Crippen LogP) is 2.15. The Bertz CT molecular complexity index is 698. The largest absolute Gasteiger partial charge is 0.467 e. The number of benzene rings is 1. The maximum atomic E-state index is 11.9. The molecule has 0 aliphatic heterocycles. The van der Waals surface area contributed by atoms with Gasteiger partial charge in [-0.25, -0.2) is 0 Å². The fourth-order valence-corrected chi connectivity index (χ4v) is 2.45. The summed E-state index contributed by atoms with van der Waals surface area (Å²) in [6.45, 7) is 0.248. The minimum absolute atomic E-state index is 0. The maximum absolute atomic E-state index is 11.9. The van der Waals surface area contributed by atoms with E-state index in [1.165, 1.54) is 30.5 Å². The normalized spacial score (nSPS) is 11.8. The lowest BCUT2D eigenvalue weighted by Crippen LogP contribution is -2.31. The molecule has 0 fully saturated rings. The zero-order valence-electron chi connectivity index (χ0n) is 10.7. The first-order valence-electron chi connectivity index (χ1n) is 5.59. The van der Waals surface area contributed by atoms with Crippen LogP contribution in [0.2, 0.25) is 5.02 Å². The van der Waals surface area contributed by atoms with Crippen molar-refractivity contribution in [3.05, 3.63) is 53.4 Å². The molecule has 21 heavy (non-hydrogen) atoms. The molecule has 0 saturated carbocycles. The average Bonchev–Trinajstić information content (AvgIpc) is 2.89. The summed E-state index contributed by atoms with van der Waals surface area (Å²) in [6, 6.07) is 9.11. The molecule has 3 N–H and O–H groups in total. The predicted molar refractivity (Wildman–Crippen MR) is 83.1 cm³/mol. The van der Waals surface area contributed by atoms with Crippen molar-refractivity contribution in [1.29, 1.82) is 0 Å².